The van der Waals surface area contributed by atoms with Gasteiger partial charge in [0.05, 0.1) is 37.9 Å². The minimum Gasteiger partial charge on any atom is -0.497 e. The van der Waals surface area contributed by atoms with Gasteiger partial charge in [-0.15, -0.1) is 0 Å². The molecule has 7 nitrogen and oxygen atoms in total. The fourth-order valence-electron chi connectivity index (χ4n) is 3.07. The Balaban J connectivity index is 1.63. The van der Waals surface area contributed by atoms with Crippen molar-refractivity contribution in [3.63, 3.8) is 0 Å². The van der Waals surface area contributed by atoms with Crippen molar-refractivity contribution in [1.82, 2.24) is 10.3 Å². The molecule has 0 aliphatic rings. The van der Waals surface area contributed by atoms with E-state index in [4.69, 9.17) is 37.1 Å². The number of amides is 1. The van der Waals surface area contributed by atoms with Crippen molar-refractivity contribution >= 4 is 35.1 Å². The van der Waals surface area contributed by atoms with Gasteiger partial charge in [-0.25, -0.2) is 4.98 Å². The van der Waals surface area contributed by atoms with Gasteiger partial charge in [0.15, 0.2) is 11.7 Å². The quantitative estimate of drug-likeness (QED) is 0.436. The molecule has 0 radical (unpaired) electrons. The molecule has 3 rings (SSSR count). The van der Waals surface area contributed by atoms with Crippen LogP contribution in [0.25, 0.3) is 11.3 Å². The number of carbonyl (C=O) groups is 2. The highest BCUT2D eigenvalue weighted by Crippen LogP contribution is 2.31. The zero-order valence-corrected chi connectivity index (χ0v) is 19.1. The van der Waals surface area contributed by atoms with Crippen LogP contribution in [0.5, 0.6) is 5.75 Å². The Morgan fingerprint density at radius 1 is 1.12 bits per heavy atom. The first-order valence-electron chi connectivity index (χ1n) is 9.80. The maximum absolute atomic E-state index is 12.6. The molecule has 32 heavy (non-hydrogen) atoms. The summed E-state index contributed by atoms with van der Waals surface area (Å²) in [4.78, 5) is 28.6. The van der Waals surface area contributed by atoms with Gasteiger partial charge in [-0.2, -0.15) is 0 Å². The number of hydrogen-bond acceptors (Lipinski definition) is 6. The normalized spacial score (nSPS) is 11.6. The minimum atomic E-state index is -0.533. The lowest BCUT2D eigenvalue weighted by atomic mass is 10.0. The summed E-state index contributed by atoms with van der Waals surface area (Å²) in [6.45, 7) is 0. The topological polar surface area (TPSA) is 90.7 Å². The van der Waals surface area contributed by atoms with Crippen LogP contribution in [0.2, 0.25) is 10.0 Å². The third-order valence-corrected chi connectivity index (χ3v) is 5.32. The predicted molar refractivity (Wildman–Crippen MR) is 121 cm³/mol. The molecule has 1 amide bonds. The third kappa shape index (κ3) is 6.24. The Morgan fingerprint density at radius 3 is 2.53 bits per heavy atom. The zero-order valence-electron chi connectivity index (χ0n) is 17.6. The van der Waals surface area contributed by atoms with Crippen LogP contribution in [-0.2, 0) is 20.7 Å². The highest BCUT2D eigenvalue weighted by atomic mass is 35.5. The van der Waals surface area contributed by atoms with Crippen molar-refractivity contribution in [1.29, 1.82) is 0 Å². The number of carbonyl (C=O) groups excluding carboxylic acids is 2. The SMILES string of the molecule is COC(=O)CC(NC(=O)CCc1ncc(-c2ccc(Cl)cc2Cl)o1)c1ccc(OC)cc1. The molecule has 0 saturated heterocycles. The lowest BCUT2D eigenvalue weighted by Gasteiger charge is -2.18. The second-order valence-electron chi connectivity index (χ2n) is 6.92. The Kier molecular flexibility index (Phi) is 8.14. The van der Waals surface area contributed by atoms with E-state index in [0.29, 0.717) is 33.0 Å². The van der Waals surface area contributed by atoms with Crippen LogP contribution in [0.4, 0.5) is 0 Å². The molecule has 9 heteroatoms. The van der Waals surface area contributed by atoms with Crippen LogP contribution >= 0.6 is 23.2 Å². The molecule has 0 spiro atoms. The summed E-state index contributed by atoms with van der Waals surface area (Å²) in [5.41, 5.74) is 1.43. The van der Waals surface area contributed by atoms with Crippen molar-refractivity contribution in [3.05, 3.63) is 70.2 Å². The summed E-state index contributed by atoms with van der Waals surface area (Å²) in [5, 5.41) is 3.84. The van der Waals surface area contributed by atoms with E-state index in [9.17, 15) is 9.59 Å². The van der Waals surface area contributed by atoms with Crippen LogP contribution in [0.15, 0.2) is 53.1 Å². The molecule has 1 unspecified atom stereocenters. The van der Waals surface area contributed by atoms with Crippen molar-refractivity contribution in [2.24, 2.45) is 0 Å². The van der Waals surface area contributed by atoms with Gasteiger partial charge in [-0.05, 0) is 35.9 Å². The first-order chi connectivity index (χ1) is 15.4. The number of rotatable bonds is 9. The molecule has 0 saturated carbocycles. The molecular weight excluding hydrogens is 455 g/mol. The summed E-state index contributed by atoms with van der Waals surface area (Å²) in [7, 11) is 2.88. The van der Waals surface area contributed by atoms with E-state index in [1.807, 2.05) is 0 Å². The molecule has 0 bridgehead atoms. The number of oxazole rings is 1. The van der Waals surface area contributed by atoms with E-state index < -0.39 is 12.0 Å². The van der Waals surface area contributed by atoms with Gasteiger partial charge in [-0.1, -0.05) is 35.3 Å². The standard InChI is InChI=1S/C23H22Cl2N2O5/c1-30-16-6-3-14(4-7-16)19(12-23(29)31-2)27-21(28)9-10-22-26-13-20(32-22)17-8-5-15(24)11-18(17)25/h3-8,11,13,19H,9-10,12H2,1-2H3,(H,27,28). The molecule has 2 aromatic carbocycles. The summed E-state index contributed by atoms with van der Waals surface area (Å²) < 4.78 is 15.6. The Labute approximate surface area is 195 Å². The molecule has 0 aliphatic heterocycles. The van der Waals surface area contributed by atoms with Gasteiger partial charge < -0.3 is 19.2 Å². The first-order valence-corrected chi connectivity index (χ1v) is 10.6. The van der Waals surface area contributed by atoms with E-state index in [1.54, 1.807) is 55.8 Å². The molecule has 0 fully saturated rings. The molecule has 3 aromatic rings. The Bertz CT molecular complexity index is 1080. The average Bonchev–Trinajstić information content (AvgIpc) is 3.26. The summed E-state index contributed by atoms with van der Waals surface area (Å²) >= 11 is 12.1. The smallest absolute Gasteiger partial charge is 0.307 e. The highest BCUT2D eigenvalue weighted by Gasteiger charge is 2.20. The van der Waals surface area contributed by atoms with Gasteiger partial charge in [0.2, 0.25) is 5.91 Å². The molecule has 168 valence electrons. The number of aryl methyl sites for hydroxylation is 1. The zero-order chi connectivity index (χ0) is 23.1. The van der Waals surface area contributed by atoms with Gasteiger partial charge in [-0.3, -0.25) is 9.59 Å². The number of methoxy groups -OCH3 is 2. The number of aromatic nitrogens is 1. The molecule has 1 atom stereocenters. The molecule has 1 aromatic heterocycles. The van der Waals surface area contributed by atoms with Crippen molar-refractivity contribution < 1.29 is 23.5 Å². The highest BCUT2D eigenvalue weighted by molar-refractivity contribution is 6.36. The Morgan fingerprint density at radius 2 is 1.88 bits per heavy atom. The van der Waals surface area contributed by atoms with Gasteiger partial charge >= 0.3 is 5.97 Å². The number of benzene rings is 2. The van der Waals surface area contributed by atoms with Crippen LogP contribution < -0.4 is 10.1 Å². The van der Waals surface area contributed by atoms with E-state index in [2.05, 4.69) is 10.3 Å². The average molecular weight is 477 g/mol. The van der Waals surface area contributed by atoms with E-state index in [-0.39, 0.29) is 25.2 Å². The summed E-state index contributed by atoms with van der Waals surface area (Å²) in [5.74, 6) is 0.888. The maximum atomic E-state index is 12.6. The molecule has 1 heterocycles. The van der Waals surface area contributed by atoms with Crippen molar-refractivity contribution in [3.8, 4) is 17.1 Å². The first kappa shape index (κ1) is 23.6. The predicted octanol–water partition coefficient (Wildman–Crippen LogP) is 5.01. The van der Waals surface area contributed by atoms with Gasteiger partial charge in [0.25, 0.3) is 0 Å². The van der Waals surface area contributed by atoms with Crippen LogP contribution in [-0.4, -0.2) is 31.1 Å². The minimum absolute atomic E-state index is 0.00673. The number of hydrogen-bond donors (Lipinski definition) is 1. The molecular formula is C23H22Cl2N2O5. The number of nitrogens with one attached hydrogen (secondary N) is 1. The third-order valence-electron chi connectivity index (χ3n) is 4.77. The number of halogens is 2. The van der Waals surface area contributed by atoms with Crippen LogP contribution in [0.1, 0.15) is 30.3 Å². The molecule has 1 N–H and O–H groups in total. The fourth-order valence-corrected chi connectivity index (χ4v) is 3.57. The maximum Gasteiger partial charge on any atom is 0.307 e. The fraction of sp³-hybridized carbons (Fsp3) is 0.261. The van der Waals surface area contributed by atoms with Gasteiger partial charge in [0, 0.05) is 23.4 Å². The lowest BCUT2D eigenvalue weighted by molar-refractivity contribution is -0.141. The van der Waals surface area contributed by atoms with E-state index >= 15 is 0 Å². The van der Waals surface area contributed by atoms with Crippen molar-refractivity contribution in [2.45, 2.75) is 25.3 Å². The lowest BCUT2D eigenvalue weighted by Crippen LogP contribution is -2.30. The van der Waals surface area contributed by atoms with Crippen LogP contribution in [0, 0.1) is 0 Å². The number of ether oxygens (including phenoxy) is 2. The number of nitrogens with zero attached hydrogens (tertiary/aromatic N) is 1. The van der Waals surface area contributed by atoms with Gasteiger partial charge in [0.1, 0.15) is 5.75 Å². The molecule has 0 aliphatic carbocycles. The second-order valence-corrected chi connectivity index (χ2v) is 7.76. The Hall–Kier alpha value is -3.03. The van der Waals surface area contributed by atoms with Crippen LogP contribution in [0.3, 0.4) is 0 Å². The summed E-state index contributed by atoms with van der Waals surface area (Å²) in [6.07, 6.45) is 1.97. The second kappa shape index (κ2) is 11.0. The van der Waals surface area contributed by atoms with Crippen molar-refractivity contribution in [2.75, 3.05) is 14.2 Å². The largest absolute Gasteiger partial charge is 0.497 e. The monoisotopic (exact) mass is 476 g/mol. The van der Waals surface area contributed by atoms with E-state index in [1.165, 1.54) is 7.11 Å². The van der Waals surface area contributed by atoms with E-state index in [0.717, 1.165) is 5.56 Å². The number of esters is 1. The summed E-state index contributed by atoms with van der Waals surface area (Å²) in [6, 6.07) is 11.7.